The van der Waals surface area contributed by atoms with Crippen LogP contribution >= 0.6 is 0 Å². The number of aromatic hydroxyl groups is 1. The van der Waals surface area contributed by atoms with Crippen LogP contribution in [0.5, 0.6) is 5.88 Å². The molecule has 0 amide bonds. The number of aliphatic imine (C=N–C) groups is 1. The van der Waals surface area contributed by atoms with Crippen LogP contribution in [0, 0.1) is 35.3 Å². The Balaban J connectivity index is 2.04. The number of pyridine rings is 1. The van der Waals surface area contributed by atoms with E-state index in [9.17, 15) is 25.3 Å². The molecule has 1 fully saturated rings. The number of rotatable bonds is 5. The van der Waals surface area contributed by atoms with Crippen molar-refractivity contribution in [2.45, 2.75) is 39.3 Å². The Bertz CT molecular complexity index is 1090. The summed E-state index contributed by atoms with van der Waals surface area (Å²) in [6.07, 6.45) is 2.82. The molecule has 9 heteroatoms. The van der Waals surface area contributed by atoms with E-state index in [-0.39, 0.29) is 35.3 Å². The fraction of sp³-hybridized carbons (Fsp3) is 0.350. The van der Waals surface area contributed by atoms with Crippen LogP contribution in [-0.4, -0.2) is 33.5 Å². The average Bonchev–Trinajstić information content (AvgIpc) is 3.19. The molecular formula is C20H20N4O5. The van der Waals surface area contributed by atoms with E-state index in [1.165, 1.54) is 24.4 Å². The fourth-order valence-electron chi connectivity index (χ4n) is 3.32. The molecule has 0 saturated carbocycles. The first-order valence-corrected chi connectivity index (χ1v) is 9.10. The van der Waals surface area contributed by atoms with Gasteiger partial charge in [-0.15, -0.1) is 0 Å². The zero-order valence-corrected chi connectivity index (χ0v) is 16.1. The van der Waals surface area contributed by atoms with Crippen molar-refractivity contribution in [1.29, 1.82) is 5.26 Å². The van der Waals surface area contributed by atoms with Gasteiger partial charge in [-0.2, -0.15) is 5.26 Å². The molecule has 3 rings (SSSR count). The maximum absolute atomic E-state index is 12.6. The summed E-state index contributed by atoms with van der Waals surface area (Å²) in [6.45, 7) is 4.01. The van der Waals surface area contributed by atoms with E-state index in [4.69, 9.17) is 4.74 Å². The molecule has 9 nitrogen and oxygen atoms in total. The third kappa shape index (κ3) is 4.02. The van der Waals surface area contributed by atoms with Gasteiger partial charge in [0.15, 0.2) is 0 Å². The number of non-ortho nitro benzene ring substituents is 1. The number of aromatic nitrogens is 1. The van der Waals surface area contributed by atoms with Crippen LogP contribution in [0.1, 0.15) is 35.1 Å². The van der Waals surface area contributed by atoms with Crippen molar-refractivity contribution in [2.24, 2.45) is 4.99 Å². The predicted molar refractivity (Wildman–Crippen MR) is 106 cm³/mol. The Morgan fingerprint density at radius 1 is 1.48 bits per heavy atom. The van der Waals surface area contributed by atoms with Crippen LogP contribution in [0.15, 0.2) is 28.0 Å². The second kappa shape index (κ2) is 8.24. The second-order valence-corrected chi connectivity index (χ2v) is 6.89. The lowest BCUT2D eigenvalue weighted by Gasteiger charge is -2.17. The molecule has 1 atom stereocenters. The number of nitrogens with zero attached hydrogens (tertiary/aromatic N) is 4. The number of hydrogen-bond acceptors (Lipinski definition) is 7. The second-order valence-electron chi connectivity index (χ2n) is 6.89. The molecule has 0 radical (unpaired) electrons. The molecule has 0 bridgehead atoms. The van der Waals surface area contributed by atoms with Crippen LogP contribution in [0.4, 0.5) is 11.4 Å². The van der Waals surface area contributed by atoms with Crippen molar-refractivity contribution in [3.05, 3.63) is 60.9 Å². The molecule has 1 aromatic heterocycles. The van der Waals surface area contributed by atoms with Crippen molar-refractivity contribution in [3.63, 3.8) is 0 Å². The highest BCUT2D eigenvalue weighted by atomic mass is 16.6. The van der Waals surface area contributed by atoms with E-state index in [1.807, 2.05) is 6.07 Å². The van der Waals surface area contributed by atoms with Gasteiger partial charge >= 0.3 is 0 Å². The van der Waals surface area contributed by atoms with Crippen molar-refractivity contribution in [1.82, 2.24) is 4.57 Å². The molecule has 150 valence electrons. The summed E-state index contributed by atoms with van der Waals surface area (Å²) >= 11 is 0. The van der Waals surface area contributed by atoms with Gasteiger partial charge < -0.3 is 9.84 Å². The molecule has 1 unspecified atom stereocenters. The van der Waals surface area contributed by atoms with Gasteiger partial charge in [-0.25, -0.2) is 0 Å². The van der Waals surface area contributed by atoms with E-state index >= 15 is 0 Å². The Hall–Kier alpha value is -3.51. The van der Waals surface area contributed by atoms with Gasteiger partial charge in [0.05, 0.1) is 28.8 Å². The van der Waals surface area contributed by atoms with E-state index in [0.29, 0.717) is 23.4 Å². The maximum Gasteiger partial charge on any atom is 0.271 e. The Labute approximate surface area is 166 Å². The third-order valence-electron chi connectivity index (χ3n) is 4.98. The minimum atomic E-state index is -0.568. The smallest absolute Gasteiger partial charge is 0.271 e. The lowest BCUT2D eigenvalue weighted by Crippen LogP contribution is -2.29. The normalized spacial score (nSPS) is 16.2. The molecule has 1 aliphatic rings. The molecule has 1 N–H and O–H groups in total. The van der Waals surface area contributed by atoms with Crippen molar-refractivity contribution < 1.29 is 14.8 Å². The summed E-state index contributed by atoms with van der Waals surface area (Å²) < 4.78 is 6.69. The molecule has 1 aromatic carbocycles. The minimum Gasteiger partial charge on any atom is -0.494 e. The van der Waals surface area contributed by atoms with Crippen LogP contribution in [-0.2, 0) is 11.3 Å². The standard InChI is InChI=1S/C20H20N4O5/c1-12-8-14(24(27)28)5-6-18(12)22-10-17-13(2)16(9-21)19(25)23(20(17)26)11-15-4-3-7-29-15/h5-6,8,10,15,26H,3-4,7,11H2,1-2H3. The monoisotopic (exact) mass is 396 g/mol. The first-order chi connectivity index (χ1) is 13.8. The molecule has 2 aromatic rings. The van der Waals surface area contributed by atoms with Crippen molar-refractivity contribution in [3.8, 4) is 11.9 Å². The lowest BCUT2D eigenvalue weighted by atomic mass is 10.1. The van der Waals surface area contributed by atoms with Crippen LogP contribution in [0.25, 0.3) is 0 Å². The van der Waals surface area contributed by atoms with Gasteiger partial charge in [-0.3, -0.25) is 24.5 Å². The highest BCUT2D eigenvalue weighted by molar-refractivity contribution is 5.87. The number of benzene rings is 1. The van der Waals surface area contributed by atoms with Crippen molar-refractivity contribution >= 4 is 17.6 Å². The average molecular weight is 396 g/mol. The van der Waals surface area contributed by atoms with Crippen LogP contribution in [0.3, 0.4) is 0 Å². The SMILES string of the molecule is Cc1cc([N+](=O)[O-])ccc1N=Cc1c(C)c(C#N)c(=O)n(CC2CCCO2)c1O. The summed E-state index contributed by atoms with van der Waals surface area (Å²) in [6, 6.07) is 6.15. The van der Waals surface area contributed by atoms with E-state index in [2.05, 4.69) is 4.99 Å². The summed E-state index contributed by atoms with van der Waals surface area (Å²) in [7, 11) is 0. The summed E-state index contributed by atoms with van der Waals surface area (Å²) in [4.78, 5) is 27.3. The van der Waals surface area contributed by atoms with Gasteiger partial charge in [-0.05, 0) is 43.9 Å². The van der Waals surface area contributed by atoms with Gasteiger partial charge in [-0.1, -0.05) is 0 Å². The van der Waals surface area contributed by atoms with Crippen molar-refractivity contribution in [2.75, 3.05) is 6.61 Å². The van der Waals surface area contributed by atoms with E-state index in [0.717, 1.165) is 17.4 Å². The van der Waals surface area contributed by atoms with Gasteiger partial charge in [0.1, 0.15) is 11.6 Å². The predicted octanol–water partition coefficient (Wildman–Crippen LogP) is 2.88. The Kier molecular flexibility index (Phi) is 5.75. The molecule has 1 aliphatic heterocycles. The lowest BCUT2D eigenvalue weighted by molar-refractivity contribution is -0.384. The number of aryl methyl sites for hydroxylation is 1. The largest absolute Gasteiger partial charge is 0.494 e. The van der Waals surface area contributed by atoms with E-state index in [1.54, 1.807) is 13.8 Å². The topological polar surface area (TPSA) is 131 Å². The summed E-state index contributed by atoms with van der Waals surface area (Å²) in [5.41, 5.74) is 0.950. The highest BCUT2D eigenvalue weighted by Crippen LogP contribution is 2.26. The van der Waals surface area contributed by atoms with Crippen LogP contribution in [0.2, 0.25) is 0 Å². The van der Waals surface area contributed by atoms with Gasteiger partial charge in [0.25, 0.3) is 11.2 Å². The molecule has 0 aliphatic carbocycles. The Morgan fingerprint density at radius 3 is 2.83 bits per heavy atom. The third-order valence-corrected chi connectivity index (χ3v) is 4.98. The minimum absolute atomic E-state index is 0.0441. The summed E-state index contributed by atoms with van der Waals surface area (Å²) in [5, 5.41) is 31.0. The molecule has 2 heterocycles. The van der Waals surface area contributed by atoms with Gasteiger partial charge in [0.2, 0.25) is 5.88 Å². The molecule has 0 spiro atoms. The van der Waals surface area contributed by atoms with E-state index < -0.39 is 10.5 Å². The number of nitro groups is 1. The quantitative estimate of drug-likeness (QED) is 0.470. The molecule has 1 saturated heterocycles. The number of hydrogen-bond donors (Lipinski definition) is 1. The number of ether oxygens (including phenoxy) is 1. The molecular weight excluding hydrogens is 376 g/mol. The zero-order valence-electron chi connectivity index (χ0n) is 16.1. The fourth-order valence-corrected chi connectivity index (χ4v) is 3.32. The summed E-state index contributed by atoms with van der Waals surface area (Å²) in [5.74, 6) is -0.287. The number of nitriles is 1. The first-order valence-electron chi connectivity index (χ1n) is 9.10. The highest BCUT2D eigenvalue weighted by Gasteiger charge is 2.23. The van der Waals surface area contributed by atoms with Gasteiger partial charge in [0, 0.05) is 25.0 Å². The maximum atomic E-state index is 12.6. The Morgan fingerprint density at radius 2 is 2.24 bits per heavy atom. The first kappa shape index (κ1) is 20.2. The van der Waals surface area contributed by atoms with Crippen LogP contribution < -0.4 is 5.56 Å². The zero-order chi connectivity index (χ0) is 21.1. The molecule has 29 heavy (non-hydrogen) atoms. The number of nitro benzene ring substituents is 1.